The van der Waals surface area contributed by atoms with Crippen LogP contribution in [0.2, 0.25) is 0 Å². The second kappa shape index (κ2) is 3.61. The summed E-state index contributed by atoms with van der Waals surface area (Å²) in [6.07, 6.45) is 1.94. The summed E-state index contributed by atoms with van der Waals surface area (Å²) in [5, 5.41) is 12.8. The van der Waals surface area contributed by atoms with E-state index in [1.165, 1.54) is 0 Å². The molecular formula is C11H18N2O2. The molecule has 4 heteroatoms. The van der Waals surface area contributed by atoms with Crippen LogP contribution in [0.25, 0.3) is 0 Å². The van der Waals surface area contributed by atoms with Gasteiger partial charge in [-0.1, -0.05) is 19.0 Å². The molecule has 0 aromatic carbocycles. The summed E-state index contributed by atoms with van der Waals surface area (Å²) >= 11 is 0. The van der Waals surface area contributed by atoms with Gasteiger partial charge in [0.15, 0.2) is 5.76 Å². The SMILES string of the molecule is CC1(C)C(N)CC1Cc1cc(CO)on1. The van der Waals surface area contributed by atoms with E-state index in [0.717, 1.165) is 18.5 Å². The number of nitrogens with zero attached hydrogens (tertiary/aromatic N) is 1. The fourth-order valence-electron chi connectivity index (χ4n) is 2.18. The summed E-state index contributed by atoms with van der Waals surface area (Å²) in [5.41, 5.74) is 7.06. The van der Waals surface area contributed by atoms with Crippen LogP contribution in [0.3, 0.4) is 0 Å². The van der Waals surface area contributed by atoms with Crippen molar-refractivity contribution >= 4 is 0 Å². The lowest BCUT2D eigenvalue weighted by Crippen LogP contribution is -2.55. The van der Waals surface area contributed by atoms with E-state index in [1.54, 1.807) is 0 Å². The third-order valence-corrected chi connectivity index (χ3v) is 3.77. The summed E-state index contributed by atoms with van der Waals surface area (Å²) in [7, 11) is 0. The van der Waals surface area contributed by atoms with E-state index in [1.807, 2.05) is 6.07 Å². The number of aromatic nitrogens is 1. The molecule has 1 aliphatic carbocycles. The highest BCUT2D eigenvalue weighted by atomic mass is 16.5. The van der Waals surface area contributed by atoms with E-state index in [0.29, 0.717) is 17.7 Å². The van der Waals surface area contributed by atoms with Crippen molar-refractivity contribution in [3.63, 3.8) is 0 Å². The van der Waals surface area contributed by atoms with Crippen LogP contribution in [0.1, 0.15) is 31.7 Å². The number of nitrogens with two attached hydrogens (primary N) is 1. The van der Waals surface area contributed by atoms with Gasteiger partial charge in [0.2, 0.25) is 0 Å². The predicted molar refractivity (Wildman–Crippen MR) is 56.0 cm³/mol. The third kappa shape index (κ3) is 1.79. The van der Waals surface area contributed by atoms with Gasteiger partial charge in [-0.2, -0.15) is 0 Å². The predicted octanol–water partition coefficient (Wildman–Crippen LogP) is 1.08. The second-order valence-corrected chi connectivity index (χ2v) is 5.01. The quantitative estimate of drug-likeness (QED) is 0.783. The van der Waals surface area contributed by atoms with Crippen LogP contribution in [-0.2, 0) is 13.0 Å². The first-order chi connectivity index (χ1) is 7.04. The Morgan fingerprint density at radius 2 is 2.40 bits per heavy atom. The van der Waals surface area contributed by atoms with E-state index in [4.69, 9.17) is 15.4 Å². The zero-order valence-electron chi connectivity index (χ0n) is 9.23. The van der Waals surface area contributed by atoms with Crippen molar-refractivity contribution < 1.29 is 9.63 Å². The Labute approximate surface area is 89.4 Å². The molecule has 0 spiro atoms. The highest BCUT2D eigenvalue weighted by molar-refractivity contribution is 5.10. The minimum Gasteiger partial charge on any atom is -0.388 e. The standard InChI is InChI=1S/C11H18N2O2/c1-11(2)7(4-10(11)12)3-8-5-9(6-14)15-13-8/h5,7,10,14H,3-4,6,12H2,1-2H3. The normalized spacial score (nSPS) is 28.8. The Bertz CT molecular complexity index is 346. The summed E-state index contributed by atoms with van der Waals surface area (Å²) in [4.78, 5) is 0. The average Bonchev–Trinajstić information content (AvgIpc) is 2.65. The lowest BCUT2D eigenvalue weighted by atomic mass is 9.57. The molecule has 0 saturated heterocycles. The summed E-state index contributed by atoms with van der Waals surface area (Å²) in [5.74, 6) is 1.11. The molecule has 1 heterocycles. The van der Waals surface area contributed by atoms with Crippen molar-refractivity contribution in [1.29, 1.82) is 0 Å². The van der Waals surface area contributed by atoms with Gasteiger partial charge >= 0.3 is 0 Å². The summed E-state index contributed by atoms with van der Waals surface area (Å²) in [6.45, 7) is 4.30. The van der Waals surface area contributed by atoms with Crippen LogP contribution in [-0.4, -0.2) is 16.3 Å². The number of aliphatic hydroxyl groups excluding tert-OH is 1. The molecule has 3 N–H and O–H groups in total. The van der Waals surface area contributed by atoms with Crippen molar-refractivity contribution in [2.24, 2.45) is 17.1 Å². The number of hydrogen-bond donors (Lipinski definition) is 2. The zero-order valence-corrected chi connectivity index (χ0v) is 9.23. The van der Waals surface area contributed by atoms with Crippen molar-refractivity contribution in [2.45, 2.75) is 39.3 Å². The maximum Gasteiger partial charge on any atom is 0.162 e. The van der Waals surface area contributed by atoms with Crippen molar-refractivity contribution in [2.75, 3.05) is 0 Å². The third-order valence-electron chi connectivity index (χ3n) is 3.77. The molecule has 1 saturated carbocycles. The van der Waals surface area contributed by atoms with Crippen LogP contribution < -0.4 is 5.73 Å². The molecular weight excluding hydrogens is 192 g/mol. The van der Waals surface area contributed by atoms with Crippen LogP contribution in [0.15, 0.2) is 10.6 Å². The molecule has 84 valence electrons. The Hall–Kier alpha value is -0.870. The molecule has 1 fully saturated rings. The van der Waals surface area contributed by atoms with Crippen molar-refractivity contribution in [3.05, 3.63) is 17.5 Å². The zero-order chi connectivity index (χ0) is 11.1. The largest absolute Gasteiger partial charge is 0.388 e. The molecule has 2 rings (SSSR count). The molecule has 0 bridgehead atoms. The molecule has 15 heavy (non-hydrogen) atoms. The molecule has 1 aliphatic rings. The molecule has 0 amide bonds. The molecule has 2 unspecified atom stereocenters. The number of rotatable bonds is 3. The van der Waals surface area contributed by atoms with E-state index in [9.17, 15) is 0 Å². The Morgan fingerprint density at radius 3 is 2.87 bits per heavy atom. The molecule has 0 aliphatic heterocycles. The first-order valence-corrected chi connectivity index (χ1v) is 5.35. The number of hydrogen-bond acceptors (Lipinski definition) is 4. The minimum absolute atomic E-state index is 0.0828. The van der Waals surface area contributed by atoms with Gasteiger partial charge in [-0.15, -0.1) is 0 Å². The van der Waals surface area contributed by atoms with Gasteiger partial charge in [0.25, 0.3) is 0 Å². The Kier molecular flexibility index (Phi) is 2.56. The van der Waals surface area contributed by atoms with Gasteiger partial charge in [0.1, 0.15) is 6.61 Å². The van der Waals surface area contributed by atoms with Crippen LogP contribution in [0.5, 0.6) is 0 Å². The van der Waals surface area contributed by atoms with Gasteiger partial charge in [-0.05, 0) is 24.2 Å². The minimum atomic E-state index is -0.0828. The fraction of sp³-hybridized carbons (Fsp3) is 0.727. The topological polar surface area (TPSA) is 72.3 Å². The molecule has 2 atom stereocenters. The van der Waals surface area contributed by atoms with Gasteiger partial charge < -0.3 is 15.4 Å². The first-order valence-electron chi connectivity index (χ1n) is 5.35. The van der Waals surface area contributed by atoms with Gasteiger partial charge in [0, 0.05) is 12.1 Å². The maximum absolute atomic E-state index is 8.85. The van der Waals surface area contributed by atoms with Crippen molar-refractivity contribution in [3.8, 4) is 0 Å². The van der Waals surface area contributed by atoms with E-state index >= 15 is 0 Å². The second-order valence-electron chi connectivity index (χ2n) is 5.01. The Morgan fingerprint density at radius 1 is 1.67 bits per heavy atom. The lowest BCUT2D eigenvalue weighted by Gasteiger charge is -2.50. The van der Waals surface area contributed by atoms with Crippen molar-refractivity contribution in [1.82, 2.24) is 5.16 Å². The summed E-state index contributed by atoms with van der Waals surface area (Å²) < 4.78 is 4.95. The van der Waals surface area contributed by atoms with E-state index in [-0.39, 0.29) is 12.0 Å². The van der Waals surface area contributed by atoms with Crippen LogP contribution >= 0.6 is 0 Å². The van der Waals surface area contributed by atoms with E-state index < -0.39 is 0 Å². The maximum atomic E-state index is 8.85. The smallest absolute Gasteiger partial charge is 0.162 e. The lowest BCUT2D eigenvalue weighted by molar-refractivity contribution is 0.0370. The number of aliphatic hydroxyl groups is 1. The highest BCUT2D eigenvalue weighted by Gasteiger charge is 2.45. The summed E-state index contributed by atoms with van der Waals surface area (Å²) in [6, 6.07) is 2.12. The molecule has 4 nitrogen and oxygen atoms in total. The average molecular weight is 210 g/mol. The molecule has 1 aromatic heterocycles. The monoisotopic (exact) mass is 210 g/mol. The van der Waals surface area contributed by atoms with Gasteiger partial charge in [-0.3, -0.25) is 0 Å². The van der Waals surface area contributed by atoms with Crippen LogP contribution in [0, 0.1) is 11.3 Å². The van der Waals surface area contributed by atoms with Crippen LogP contribution in [0.4, 0.5) is 0 Å². The molecule has 0 radical (unpaired) electrons. The highest BCUT2D eigenvalue weighted by Crippen LogP contribution is 2.46. The Balaban J connectivity index is 1.98. The first kappa shape index (κ1) is 10.6. The van der Waals surface area contributed by atoms with Gasteiger partial charge in [-0.25, -0.2) is 0 Å². The molecule has 1 aromatic rings. The van der Waals surface area contributed by atoms with E-state index in [2.05, 4.69) is 19.0 Å². The van der Waals surface area contributed by atoms with Gasteiger partial charge in [0.05, 0.1) is 5.69 Å². The fourth-order valence-corrected chi connectivity index (χ4v) is 2.18.